The maximum atomic E-state index is 9.39. The Morgan fingerprint density at radius 1 is 1.69 bits per heavy atom. The van der Waals surface area contributed by atoms with Crippen LogP contribution in [0, 0.1) is 0 Å². The largest absolute Gasteiger partial charge is 0.392 e. The number of aliphatic hydroxyl groups is 1. The van der Waals surface area contributed by atoms with Crippen LogP contribution in [0.4, 0.5) is 0 Å². The second kappa shape index (κ2) is 4.90. The van der Waals surface area contributed by atoms with Crippen molar-refractivity contribution in [1.82, 2.24) is 15.5 Å². The smallest absolute Gasteiger partial charge is 0.243 e. The lowest BCUT2D eigenvalue weighted by molar-refractivity contribution is 0.0903. The van der Waals surface area contributed by atoms with Crippen molar-refractivity contribution >= 4 is 0 Å². The van der Waals surface area contributed by atoms with Crippen molar-refractivity contribution in [3.05, 3.63) is 11.7 Å². The van der Waals surface area contributed by atoms with E-state index in [1.54, 1.807) is 7.11 Å². The minimum atomic E-state index is -0.329. The fourth-order valence-corrected chi connectivity index (χ4v) is 1.88. The SMILES string of the molecule is CCC(OC)c1noc([C@@H]2C[C@@H](O)CN2)n1. The lowest BCUT2D eigenvalue weighted by Gasteiger charge is -2.06. The number of β-amino-alcohol motifs (C(OH)–C–C–N with tert-alkyl or cyclic N) is 1. The van der Waals surface area contributed by atoms with Gasteiger partial charge in [-0.05, 0) is 12.8 Å². The quantitative estimate of drug-likeness (QED) is 0.782. The van der Waals surface area contributed by atoms with Gasteiger partial charge in [0.05, 0.1) is 12.1 Å². The van der Waals surface area contributed by atoms with Crippen molar-refractivity contribution < 1.29 is 14.4 Å². The molecule has 6 heteroatoms. The molecule has 2 heterocycles. The van der Waals surface area contributed by atoms with Crippen LogP contribution in [-0.2, 0) is 4.74 Å². The predicted molar refractivity (Wildman–Crippen MR) is 55.7 cm³/mol. The van der Waals surface area contributed by atoms with Crippen LogP contribution in [-0.4, -0.2) is 35.0 Å². The Bertz CT molecular complexity index is 338. The summed E-state index contributed by atoms with van der Waals surface area (Å²) in [5.74, 6) is 1.10. The zero-order valence-corrected chi connectivity index (χ0v) is 9.51. The lowest BCUT2D eigenvalue weighted by atomic mass is 10.2. The zero-order valence-electron chi connectivity index (χ0n) is 9.51. The summed E-state index contributed by atoms with van der Waals surface area (Å²) in [6.45, 7) is 2.58. The Labute approximate surface area is 94.0 Å². The highest BCUT2D eigenvalue weighted by Gasteiger charge is 2.29. The number of hydrogen-bond acceptors (Lipinski definition) is 6. The lowest BCUT2D eigenvalue weighted by Crippen LogP contribution is -2.15. The molecule has 3 atom stereocenters. The maximum absolute atomic E-state index is 9.39. The molecule has 1 fully saturated rings. The van der Waals surface area contributed by atoms with Crippen LogP contribution < -0.4 is 5.32 Å². The highest BCUT2D eigenvalue weighted by molar-refractivity contribution is 4.99. The average Bonchev–Trinajstić information content (AvgIpc) is 2.89. The molecule has 0 spiro atoms. The number of nitrogens with zero attached hydrogens (tertiary/aromatic N) is 2. The van der Waals surface area contributed by atoms with Crippen LogP contribution in [0.25, 0.3) is 0 Å². The highest BCUT2D eigenvalue weighted by Crippen LogP contribution is 2.24. The molecular weight excluding hydrogens is 210 g/mol. The molecule has 0 amide bonds. The highest BCUT2D eigenvalue weighted by atomic mass is 16.5. The van der Waals surface area contributed by atoms with Crippen LogP contribution in [0.3, 0.4) is 0 Å². The molecule has 2 rings (SSSR count). The van der Waals surface area contributed by atoms with Gasteiger partial charge in [-0.25, -0.2) is 0 Å². The third-order valence-electron chi connectivity index (χ3n) is 2.81. The first kappa shape index (κ1) is 11.5. The molecule has 1 aliphatic rings. The van der Waals surface area contributed by atoms with Gasteiger partial charge in [-0.3, -0.25) is 0 Å². The first-order chi connectivity index (χ1) is 7.74. The molecule has 0 aliphatic carbocycles. The Morgan fingerprint density at radius 2 is 2.50 bits per heavy atom. The molecule has 0 aromatic carbocycles. The van der Waals surface area contributed by atoms with Crippen LogP contribution in [0.15, 0.2) is 4.52 Å². The minimum Gasteiger partial charge on any atom is -0.392 e. The van der Waals surface area contributed by atoms with E-state index in [4.69, 9.17) is 9.26 Å². The van der Waals surface area contributed by atoms with Gasteiger partial charge in [-0.1, -0.05) is 12.1 Å². The number of methoxy groups -OCH3 is 1. The van der Waals surface area contributed by atoms with Gasteiger partial charge in [0, 0.05) is 13.7 Å². The number of aromatic nitrogens is 2. The molecule has 2 N–H and O–H groups in total. The number of hydrogen-bond donors (Lipinski definition) is 2. The summed E-state index contributed by atoms with van der Waals surface area (Å²) in [4.78, 5) is 4.29. The molecule has 0 saturated carbocycles. The van der Waals surface area contributed by atoms with Crippen LogP contribution >= 0.6 is 0 Å². The summed E-state index contributed by atoms with van der Waals surface area (Å²) >= 11 is 0. The topological polar surface area (TPSA) is 80.4 Å². The molecule has 1 aromatic heterocycles. The van der Waals surface area contributed by atoms with Crippen molar-refractivity contribution in [3.63, 3.8) is 0 Å². The van der Waals surface area contributed by atoms with E-state index >= 15 is 0 Å². The van der Waals surface area contributed by atoms with E-state index < -0.39 is 0 Å². The fourth-order valence-electron chi connectivity index (χ4n) is 1.88. The van der Waals surface area contributed by atoms with Gasteiger partial charge < -0.3 is 19.7 Å². The molecule has 0 radical (unpaired) electrons. The Kier molecular flexibility index (Phi) is 3.52. The summed E-state index contributed by atoms with van der Waals surface area (Å²) in [6.07, 6.45) is 0.968. The van der Waals surface area contributed by atoms with E-state index in [0.717, 1.165) is 6.42 Å². The predicted octanol–water partition coefficient (Wildman–Crippen LogP) is 0.562. The number of ether oxygens (including phenoxy) is 1. The third-order valence-corrected chi connectivity index (χ3v) is 2.81. The average molecular weight is 227 g/mol. The van der Waals surface area contributed by atoms with E-state index in [-0.39, 0.29) is 18.2 Å². The fraction of sp³-hybridized carbons (Fsp3) is 0.800. The van der Waals surface area contributed by atoms with E-state index in [1.807, 2.05) is 6.92 Å². The molecule has 1 aliphatic heterocycles. The van der Waals surface area contributed by atoms with Crippen LogP contribution in [0.5, 0.6) is 0 Å². The number of rotatable bonds is 4. The monoisotopic (exact) mass is 227 g/mol. The van der Waals surface area contributed by atoms with Gasteiger partial charge in [-0.2, -0.15) is 4.98 Å². The third kappa shape index (κ3) is 2.23. The first-order valence-corrected chi connectivity index (χ1v) is 5.52. The van der Waals surface area contributed by atoms with Gasteiger partial charge in [0.2, 0.25) is 11.7 Å². The van der Waals surface area contributed by atoms with Crippen molar-refractivity contribution in [2.24, 2.45) is 0 Å². The molecule has 16 heavy (non-hydrogen) atoms. The van der Waals surface area contributed by atoms with Gasteiger partial charge in [-0.15, -0.1) is 0 Å². The van der Waals surface area contributed by atoms with E-state index in [1.165, 1.54) is 0 Å². The van der Waals surface area contributed by atoms with Crippen LogP contribution in [0.2, 0.25) is 0 Å². The number of aliphatic hydroxyl groups excluding tert-OH is 1. The summed E-state index contributed by atoms with van der Waals surface area (Å²) in [5.41, 5.74) is 0. The second-order valence-electron chi connectivity index (χ2n) is 3.97. The molecule has 6 nitrogen and oxygen atoms in total. The molecule has 90 valence electrons. The van der Waals surface area contributed by atoms with Crippen LogP contribution in [0.1, 0.15) is 43.6 Å². The molecule has 0 bridgehead atoms. The van der Waals surface area contributed by atoms with Gasteiger partial charge in [0.1, 0.15) is 6.10 Å². The summed E-state index contributed by atoms with van der Waals surface area (Å²) < 4.78 is 10.4. The van der Waals surface area contributed by atoms with Crippen molar-refractivity contribution in [3.8, 4) is 0 Å². The molecule has 1 aromatic rings. The summed E-state index contributed by atoms with van der Waals surface area (Å²) in [6, 6.07) is -0.0365. The summed E-state index contributed by atoms with van der Waals surface area (Å²) in [7, 11) is 1.63. The van der Waals surface area contributed by atoms with Gasteiger partial charge in [0.25, 0.3) is 0 Å². The Hall–Kier alpha value is -0.980. The molecule has 1 saturated heterocycles. The standard InChI is InChI=1S/C10H17N3O3/c1-3-8(15-2)9-12-10(16-13-9)7-4-6(14)5-11-7/h6-8,11,14H,3-5H2,1-2H3/t6-,7+,8?/m1/s1. The summed E-state index contributed by atoms with van der Waals surface area (Å²) in [5, 5.41) is 16.4. The minimum absolute atomic E-state index is 0.0365. The normalized spacial score (nSPS) is 27.2. The first-order valence-electron chi connectivity index (χ1n) is 5.52. The number of nitrogens with one attached hydrogen (secondary N) is 1. The van der Waals surface area contributed by atoms with Gasteiger partial charge in [0.15, 0.2) is 0 Å². The van der Waals surface area contributed by atoms with E-state index in [2.05, 4.69) is 15.5 Å². The zero-order chi connectivity index (χ0) is 11.5. The van der Waals surface area contributed by atoms with E-state index in [0.29, 0.717) is 24.7 Å². The Balaban J connectivity index is 2.07. The maximum Gasteiger partial charge on any atom is 0.243 e. The van der Waals surface area contributed by atoms with E-state index in [9.17, 15) is 5.11 Å². The van der Waals surface area contributed by atoms with Crippen molar-refractivity contribution in [2.75, 3.05) is 13.7 Å². The van der Waals surface area contributed by atoms with Gasteiger partial charge >= 0.3 is 0 Å². The molecular formula is C10H17N3O3. The van der Waals surface area contributed by atoms with Crippen molar-refractivity contribution in [1.29, 1.82) is 0 Å². The van der Waals surface area contributed by atoms with Crippen molar-refractivity contribution in [2.45, 2.75) is 38.0 Å². The molecule has 1 unspecified atom stereocenters. The second-order valence-corrected chi connectivity index (χ2v) is 3.97. The Morgan fingerprint density at radius 3 is 3.06 bits per heavy atom.